The molecule has 0 atom stereocenters. The van der Waals surface area contributed by atoms with Crippen molar-refractivity contribution in [2.75, 3.05) is 16.3 Å². The Morgan fingerprint density at radius 2 is 1.72 bits per heavy atom. The molecule has 0 aromatic heterocycles. The minimum Gasteiger partial charge on any atom is -0.491 e. The highest BCUT2D eigenvalue weighted by molar-refractivity contribution is 8.01. The summed E-state index contributed by atoms with van der Waals surface area (Å²) in [6.07, 6.45) is 0.144. The molecular weight excluding hydrogens is 388 g/mol. The summed E-state index contributed by atoms with van der Waals surface area (Å²) in [5, 5.41) is 0. The van der Waals surface area contributed by atoms with Gasteiger partial charge in [-0.3, -0.25) is 9.69 Å². The molecule has 0 fully saturated rings. The SMILES string of the molecule is CC(C)OC(=O)Cc1ccc(N2Sc3ccc(OC(C)C)cc3N(C)C2=O)cc1. The largest absolute Gasteiger partial charge is 0.491 e. The van der Waals surface area contributed by atoms with E-state index in [2.05, 4.69) is 0 Å². The Balaban J connectivity index is 1.77. The second kappa shape index (κ2) is 8.78. The molecule has 2 amide bonds. The van der Waals surface area contributed by atoms with Crippen molar-refractivity contribution in [3.63, 3.8) is 0 Å². The molecule has 29 heavy (non-hydrogen) atoms. The number of esters is 1. The molecule has 1 aliphatic heterocycles. The molecule has 0 unspecified atom stereocenters. The van der Waals surface area contributed by atoms with Crippen LogP contribution < -0.4 is 13.9 Å². The van der Waals surface area contributed by atoms with Crippen molar-refractivity contribution in [1.29, 1.82) is 0 Å². The van der Waals surface area contributed by atoms with Gasteiger partial charge in [0.15, 0.2) is 0 Å². The van der Waals surface area contributed by atoms with Crippen molar-refractivity contribution >= 4 is 35.3 Å². The number of urea groups is 1. The topological polar surface area (TPSA) is 59.1 Å². The van der Waals surface area contributed by atoms with Crippen LogP contribution in [0, 0.1) is 0 Å². The minimum atomic E-state index is -0.260. The first-order valence-corrected chi connectivity index (χ1v) is 10.4. The molecule has 0 saturated heterocycles. The highest BCUT2D eigenvalue weighted by Crippen LogP contribution is 2.42. The number of carbonyl (C=O) groups is 2. The van der Waals surface area contributed by atoms with Gasteiger partial charge in [0, 0.05) is 13.1 Å². The van der Waals surface area contributed by atoms with Crippen LogP contribution in [0.2, 0.25) is 0 Å². The van der Waals surface area contributed by atoms with E-state index < -0.39 is 0 Å². The number of rotatable bonds is 6. The van der Waals surface area contributed by atoms with Gasteiger partial charge in [0.05, 0.1) is 34.9 Å². The number of nitrogens with zero attached hydrogens (tertiary/aromatic N) is 2. The van der Waals surface area contributed by atoms with Crippen molar-refractivity contribution in [2.24, 2.45) is 0 Å². The Hall–Kier alpha value is -2.67. The number of fused-ring (bicyclic) bond motifs is 1. The summed E-state index contributed by atoms with van der Waals surface area (Å²) >= 11 is 1.37. The molecule has 1 aliphatic rings. The predicted molar refractivity (Wildman–Crippen MR) is 116 cm³/mol. The van der Waals surface area contributed by atoms with Gasteiger partial charge < -0.3 is 9.47 Å². The fourth-order valence-corrected chi connectivity index (χ4v) is 3.98. The second-order valence-corrected chi connectivity index (χ2v) is 8.39. The van der Waals surface area contributed by atoms with E-state index >= 15 is 0 Å². The maximum atomic E-state index is 12.9. The average Bonchev–Trinajstić information content (AvgIpc) is 2.64. The Morgan fingerprint density at radius 1 is 1.03 bits per heavy atom. The van der Waals surface area contributed by atoms with Gasteiger partial charge in [0.1, 0.15) is 5.75 Å². The molecule has 2 aromatic rings. The maximum absolute atomic E-state index is 12.9. The molecule has 0 aliphatic carbocycles. The molecule has 7 heteroatoms. The lowest BCUT2D eigenvalue weighted by molar-refractivity contribution is -0.146. The molecular formula is C22H26N2O4S. The van der Waals surface area contributed by atoms with Crippen LogP contribution in [0.5, 0.6) is 5.75 Å². The van der Waals surface area contributed by atoms with Crippen LogP contribution in [0.3, 0.4) is 0 Å². The van der Waals surface area contributed by atoms with E-state index in [0.29, 0.717) is 0 Å². The van der Waals surface area contributed by atoms with Crippen molar-refractivity contribution in [3.8, 4) is 5.75 Å². The number of anilines is 2. The summed E-state index contributed by atoms with van der Waals surface area (Å²) in [5.41, 5.74) is 2.42. The maximum Gasteiger partial charge on any atom is 0.339 e. The first-order chi connectivity index (χ1) is 13.7. The summed E-state index contributed by atoms with van der Waals surface area (Å²) in [5.74, 6) is 0.481. The highest BCUT2D eigenvalue weighted by atomic mass is 32.2. The van der Waals surface area contributed by atoms with Crippen LogP contribution in [-0.2, 0) is 16.0 Å². The average molecular weight is 415 g/mol. The highest BCUT2D eigenvalue weighted by Gasteiger charge is 2.30. The summed E-state index contributed by atoms with van der Waals surface area (Å²) in [6.45, 7) is 7.59. The van der Waals surface area contributed by atoms with Crippen molar-refractivity contribution in [2.45, 2.75) is 51.2 Å². The Labute approximate surface area is 175 Å². The van der Waals surface area contributed by atoms with E-state index in [4.69, 9.17) is 9.47 Å². The Morgan fingerprint density at radius 3 is 2.34 bits per heavy atom. The van der Waals surface area contributed by atoms with Crippen LogP contribution in [0.4, 0.5) is 16.2 Å². The van der Waals surface area contributed by atoms with Crippen LogP contribution in [0.25, 0.3) is 0 Å². The molecule has 0 radical (unpaired) electrons. The summed E-state index contributed by atoms with van der Waals surface area (Å²) < 4.78 is 12.6. The molecule has 2 aromatic carbocycles. The molecule has 154 valence electrons. The summed E-state index contributed by atoms with van der Waals surface area (Å²) in [6, 6.07) is 13.0. The predicted octanol–water partition coefficient (Wildman–Crippen LogP) is 5.05. The van der Waals surface area contributed by atoms with Gasteiger partial charge in [-0.1, -0.05) is 12.1 Å². The summed E-state index contributed by atoms with van der Waals surface area (Å²) in [7, 11) is 1.75. The fraction of sp³-hybridized carbons (Fsp3) is 0.364. The second-order valence-electron chi connectivity index (χ2n) is 7.41. The van der Waals surface area contributed by atoms with Gasteiger partial charge in [0.2, 0.25) is 0 Å². The monoisotopic (exact) mass is 414 g/mol. The van der Waals surface area contributed by atoms with Crippen LogP contribution in [-0.4, -0.2) is 31.3 Å². The third kappa shape index (κ3) is 5.03. The van der Waals surface area contributed by atoms with Gasteiger partial charge in [-0.05, 0) is 69.5 Å². The lowest BCUT2D eigenvalue weighted by Gasteiger charge is -2.34. The van der Waals surface area contributed by atoms with Gasteiger partial charge in [-0.15, -0.1) is 0 Å². The summed E-state index contributed by atoms with van der Waals surface area (Å²) in [4.78, 5) is 27.3. The number of hydrogen-bond acceptors (Lipinski definition) is 5. The van der Waals surface area contributed by atoms with Crippen molar-refractivity contribution in [3.05, 3.63) is 48.0 Å². The zero-order valence-electron chi connectivity index (χ0n) is 17.3. The Bertz CT molecular complexity index is 896. The minimum absolute atomic E-state index is 0.0677. The number of benzene rings is 2. The molecule has 1 heterocycles. The van der Waals surface area contributed by atoms with E-state index in [9.17, 15) is 9.59 Å². The molecule has 0 N–H and O–H groups in total. The van der Waals surface area contributed by atoms with Gasteiger partial charge in [-0.2, -0.15) is 0 Å². The zero-order chi connectivity index (χ0) is 21.1. The van der Waals surface area contributed by atoms with Gasteiger partial charge >= 0.3 is 12.0 Å². The first-order valence-electron chi connectivity index (χ1n) is 9.59. The lowest BCUT2D eigenvalue weighted by Crippen LogP contribution is -2.40. The molecule has 0 spiro atoms. The third-order valence-corrected chi connectivity index (χ3v) is 5.29. The van der Waals surface area contributed by atoms with Crippen LogP contribution in [0.1, 0.15) is 33.3 Å². The smallest absolute Gasteiger partial charge is 0.339 e. The third-order valence-electron chi connectivity index (χ3n) is 4.20. The standard InChI is InChI=1S/C22H26N2O4S/c1-14(2)27-18-10-11-20-19(13-18)23(5)22(26)24(29-20)17-8-6-16(7-9-17)12-21(25)28-15(3)4/h6-11,13-15H,12H2,1-5H3. The number of hydrogen-bond donors (Lipinski definition) is 0. The van der Waals surface area contributed by atoms with Crippen LogP contribution >= 0.6 is 11.9 Å². The quantitative estimate of drug-likeness (QED) is 0.489. The van der Waals surface area contributed by atoms with Crippen molar-refractivity contribution in [1.82, 2.24) is 0 Å². The molecule has 0 bridgehead atoms. The van der Waals surface area contributed by atoms with Crippen LogP contribution in [0.15, 0.2) is 47.4 Å². The number of ether oxygens (including phenoxy) is 2. The molecule has 6 nitrogen and oxygen atoms in total. The fourth-order valence-electron chi connectivity index (χ4n) is 2.94. The van der Waals surface area contributed by atoms with E-state index in [1.807, 2.05) is 70.2 Å². The first kappa shape index (κ1) is 21.0. The van der Waals surface area contributed by atoms with E-state index in [1.54, 1.807) is 16.3 Å². The zero-order valence-corrected chi connectivity index (χ0v) is 18.2. The van der Waals surface area contributed by atoms with E-state index in [-0.39, 0.29) is 30.6 Å². The number of amides is 2. The lowest BCUT2D eigenvalue weighted by atomic mass is 10.1. The Kier molecular flexibility index (Phi) is 6.37. The molecule has 0 saturated carbocycles. The van der Waals surface area contributed by atoms with E-state index in [1.165, 1.54) is 11.9 Å². The molecule has 3 rings (SSSR count). The normalized spacial score (nSPS) is 13.7. The van der Waals surface area contributed by atoms with Gasteiger partial charge in [-0.25, -0.2) is 9.10 Å². The van der Waals surface area contributed by atoms with Crippen molar-refractivity contribution < 1.29 is 19.1 Å². The van der Waals surface area contributed by atoms with E-state index in [0.717, 1.165) is 27.6 Å². The number of carbonyl (C=O) groups excluding carboxylic acids is 2. The van der Waals surface area contributed by atoms with Gasteiger partial charge in [0.25, 0.3) is 0 Å².